The van der Waals surface area contributed by atoms with Crippen molar-refractivity contribution in [3.05, 3.63) is 24.3 Å². The highest BCUT2D eigenvalue weighted by Crippen LogP contribution is 2.19. The van der Waals surface area contributed by atoms with Crippen molar-refractivity contribution in [3.63, 3.8) is 0 Å². The highest BCUT2D eigenvalue weighted by Gasteiger charge is 2.30. The molecule has 0 unspecified atom stereocenters. The van der Waals surface area contributed by atoms with E-state index in [2.05, 4.69) is 4.40 Å². The van der Waals surface area contributed by atoms with Crippen molar-refractivity contribution in [1.29, 1.82) is 0 Å². The van der Waals surface area contributed by atoms with E-state index in [0.29, 0.717) is 0 Å². The average molecular weight is 330 g/mol. The topological polar surface area (TPSA) is 104 Å². The van der Waals surface area contributed by atoms with Gasteiger partial charge in [0.05, 0.1) is 15.7 Å². The van der Waals surface area contributed by atoms with Gasteiger partial charge in [0, 0.05) is 6.26 Å². The molecular formula is C9H7F3NO5S2-. The van der Waals surface area contributed by atoms with E-state index in [1.165, 1.54) is 0 Å². The fourth-order valence-electron chi connectivity index (χ4n) is 1.07. The zero-order chi connectivity index (χ0) is 15.8. The van der Waals surface area contributed by atoms with Gasteiger partial charge in [-0.1, -0.05) is 0 Å². The summed E-state index contributed by atoms with van der Waals surface area (Å²) in [7, 11) is -8.43. The molecule has 0 radical (unpaired) electrons. The van der Waals surface area contributed by atoms with Crippen molar-refractivity contribution in [3.8, 4) is 0 Å². The summed E-state index contributed by atoms with van der Waals surface area (Å²) < 4.78 is 83.0. The molecule has 0 amide bonds. The molecule has 0 atom stereocenters. The second-order valence-electron chi connectivity index (χ2n) is 3.61. The van der Waals surface area contributed by atoms with Gasteiger partial charge in [0.1, 0.15) is 0 Å². The third kappa shape index (κ3) is 3.93. The van der Waals surface area contributed by atoms with Crippen LogP contribution in [-0.4, -0.2) is 35.2 Å². The molecular weight excluding hydrogens is 323 g/mol. The number of halogens is 3. The molecule has 1 rings (SSSR count). The summed E-state index contributed by atoms with van der Waals surface area (Å²) in [6, 6.07) is 3.27. The van der Waals surface area contributed by atoms with Crippen molar-refractivity contribution in [1.82, 2.24) is 0 Å². The van der Waals surface area contributed by atoms with Crippen LogP contribution in [0.2, 0.25) is 0 Å². The Morgan fingerprint density at radius 1 is 1.05 bits per heavy atom. The molecule has 0 aliphatic carbocycles. The molecule has 1 aromatic carbocycles. The number of sulfone groups is 1. The normalized spacial score (nSPS) is 14.3. The van der Waals surface area contributed by atoms with Gasteiger partial charge in [0.15, 0.2) is 9.84 Å². The van der Waals surface area contributed by atoms with Crippen molar-refractivity contribution < 1.29 is 35.1 Å². The van der Waals surface area contributed by atoms with E-state index in [4.69, 9.17) is 0 Å². The van der Waals surface area contributed by atoms with Crippen LogP contribution in [0.15, 0.2) is 38.5 Å². The van der Waals surface area contributed by atoms with Crippen molar-refractivity contribution in [2.24, 2.45) is 4.40 Å². The molecule has 6 nitrogen and oxygen atoms in total. The smallest absolute Gasteiger partial charge is 0.420 e. The van der Waals surface area contributed by atoms with Crippen LogP contribution in [0, 0.1) is 0 Å². The lowest BCUT2D eigenvalue weighted by Gasteiger charge is -2.13. The summed E-state index contributed by atoms with van der Waals surface area (Å²) in [5.41, 5.74) is 0. The van der Waals surface area contributed by atoms with Crippen LogP contribution in [0.3, 0.4) is 0 Å². The molecule has 0 saturated heterocycles. The zero-order valence-corrected chi connectivity index (χ0v) is 11.4. The van der Waals surface area contributed by atoms with Crippen LogP contribution >= 0.6 is 0 Å². The first kappa shape index (κ1) is 16.4. The first-order valence-corrected chi connectivity index (χ1v) is 8.06. The molecule has 0 aliphatic heterocycles. The Bertz CT molecular complexity index is 733. The minimum atomic E-state index is -5.40. The summed E-state index contributed by atoms with van der Waals surface area (Å²) >= 11 is 0. The second-order valence-corrected chi connectivity index (χ2v) is 7.23. The van der Waals surface area contributed by atoms with Gasteiger partial charge in [-0.05, 0) is 24.3 Å². The van der Waals surface area contributed by atoms with Gasteiger partial charge < -0.3 is 5.11 Å². The van der Waals surface area contributed by atoms with E-state index in [-0.39, 0.29) is 4.90 Å². The molecule has 0 aliphatic rings. The SMILES string of the molecule is CS(=O)(=O)c1ccc(S(=O)(=O)/N=C(\[O-])C(F)(F)F)cc1. The molecule has 0 saturated carbocycles. The molecule has 0 bridgehead atoms. The number of hydrogen-bond acceptors (Lipinski definition) is 5. The van der Waals surface area contributed by atoms with Crippen LogP contribution in [-0.2, 0) is 19.9 Å². The van der Waals surface area contributed by atoms with Gasteiger partial charge in [0.25, 0.3) is 10.0 Å². The Morgan fingerprint density at radius 3 is 1.80 bits per heavy atom. The van der Waals surface area contributed by atoms with Crippen LogP contribution in [0.1, 0.15) is 0 Å². The second kappa shape index (κ2) is 5.05. The van der Waals surface area contributed by atoms with Crippen LogP contribution in [0.5, 0.6) is 0 Å². The maximum absolute atomic E-state index is 11.9. The third-order valence-corrected chi connectivity index (χ3v) is 4.40. The molecule has 0 fully saturated rings. The summed E-state index contributed by atoms with van der Waals surface area (Å²) in [6.45, 7) is 0. The highest BCUT2D eigenvalue weighted by molar-refractivity contribution is 7.91. The fraction of sp³-hybridized carbons (Fsp3) is 0.222. The van der Waals surface area contributed by atoms with E-state index in [9.17, 15) is 35.1 Å². The molecule has 112 valence electrons. The Kier molecular flexibility index (Phi) is 4.15. The quantitative estimate of drug-likeness (QED) is 0.577. The molecule has 0 heterocycles. The van der Waals surface area contributed by atoms with E-state index in [1.54, 1.807) is 0 Å². The number of nitrogens with zero attached hydrogens (tertiary/aromatic N) is 1. The number of rotatable bonds is 3. The number of sulfonamides is 1. The van der Waals surface area contributed by atoms with E-state index in [1.807, 2.05) is 0 Å². The van der Waals surface area contributed by atoms with E-state index < -0.39 is 36.8 Å². The summed E-state index contributed by atoms with van der Waals surface area (Å²) in [6.07, 6.45) is -4.53. The number of hydrogen-bond donors (Lipinski definition) is 0. The minimum absolute atomic E-state index is 0.224. The molecule has 0 aromatic heterocycles. The van der Waals surface area contributed by atoms with Crippen LogP contribution in [0.4, 0.5) is 13.2 Å². The van der Waals surface area contributed by atoms with Gasteiger partial charge in [-0.15, -0.1) is 0 Å². The highest BCUT2D eigenvalue weighted by atomic mass is 32.2. The fourth-order valence-corrected chi connectivity index (χ4v) is 2.61. The van der Waals surface area contributed by atoms with Gasteiger partial charge in [-0.2, -0.15) is 26.0 Å². The maximum Gasteiger partial charge on any atom is 0.420 e. The molecule has 0 N–H and O–H groups in total. The minimum Gasteiger partial charge on any atom is -0.855 e. The lowest BCUT2D eigenvalue weighted by molar-refractivity contribution is -0.261. The van der Waals surface area contributed by atoms with Crippen LogP contribution < -0.4 is 5.11 Å². The van der Waals surface area contributed by atoms with Gasteiger partial charge >= 0.3 is 6.18 Å². The molecule has 20 heavy (non-hydrogen) atoms. The van der Waals surface area contributed by atoms with Crippen LogP contribution in [0.25, 0.3) is 0 Å². The Labute approximate surface area is 112 Å². The lowest BCUT2D eigenvalue weighted by Crippen LogP contribution is -2.35. The largest absolute Gasteiger partial charge is 0.855 e. The summed E-state index contributed by atoms with van der Waals surface area (Å²) in [5, 5.41) is 10.5. The maximum atomic E-state index is 11.9. The predicted molar refractivity (Wildman–Crippen MR) is 60.2 cm³/mol. The predicted octanol–water partition coefficient (Wildman–Crippen LogP) is 0.0999. The standard InChI is InChI=1S/C9H8F3NO5S2/c1-19(15,16)6-2-4-7(5-3-6)20(17,18)13-8(14)9(10,11)12/h2-5H,1H3,(H,13,14)/p-1. The third-order valence-electron chi connectivity index (χ3n) is 2.00. The number of benzene rings is 1. The van der Waals surface area contributed by atoms with Crippen molar-refractivity contribution in [2.75, 3.05) is 6.26 Å². The summed E-state index contributed by atoms with van der Waals surface area (Å²) in [5.74, 6) is -2.76. The first-order chi connectivity index (χ1) is 8.84. The van der Waals surface area contributed by atoms with Crippen molar-refractivity contribution >= 4 is 25.8 Å². The van der Waals surface area contributed by atoms with E-state index >= 15 is 0 Å². The monoisotopic (exact) mass is 330 g/mol. The molecule has 1 aromatic rings. The molecule has 11 heteroatoms. The first-order valence-electron chi connectivity index (χ1n) is 4.73. The molecule has 0 spiro atoms. The van der Waals surface area contributed by atoms with E-state index in [0.717, 1.165) is 30.5 Å². The Morgan fingerprint density at radius 2 is 1.45 bits per heavy atom. The average Bonchev–Trinajstić information content (AvgIpc) is 2.26. The summed E-state index contributed by atoms with van der Waals surface area (Å²) in [4.78, 5) is -0.943. The Balaban J connectivity index is 3.25. The Hall–Kier alpha value is -1.62. The number of alkyl halides is 3. The zero-order valence-electron chi connectivity index (χ0n) is 9.75. The van der Waals surface area contributed by atoms with Gasteiger partial charge in [-0.25, -0.2) is 8.42 Å². The lowest BCUT2D eigenvalue weighted by atomic mass is 10.4. The van der Waals surface area contributed by atoms with Gasteiger partial charge in [0.2, 0.25) is 0 Å². The van der Waals surface area contributed by atoms with Crippen molar-refractivity contribution in [2.45, 2.75) is 16.0 Å². The van der Waals surface area contributed by atoms with Gasteiger partial charge in [-0.3, -0.25) is 0 Å².